The van der Waals surface area contributed by atoms with E-state index in [9.17, 15) is 14.4 Å². The third-order valence-electron chi connectivity index (χ3n) is 4.86. The maximum absolute atomic E-state index is 12.3. The number of likely N-dealkylation sites (N-methyl/N-ethyl adjacent to an activating group) is 1. The molecule has 3 amide bonds. The van der Waals surface area contributed by atoms with Crippen LogP contribution in [0.3, 0.4) is 0 Å². The molecule has 0 heterocycles. The number of rotatable bonds is 13. The second kappa shape index (κ2) is 13.7. The van der Waals surface area contributed by atoms with Crippen LogP contribution in [-0.4, -0.2) is 63.6 Å². The van der Waals surface area contributed by atoms with Crippen LogP contribution in [0.1, 0.15) is 35.7 Å². The predicted octanol–water partition coefficient (Wildman–Crippen LogP) is 2.39. The van der Waals surface area contributed by atoms with E-state index < -0.39 is 0 Å². The van der Waals surface area contributed by atoms with E-state index in [1.165, 1.54) is 12.0 Å². The van der Waals surface area contributed by atoms with E-state index in [1.807, 2.05) is 0 Å². The van der Waals surface area contributed by atoms with E-state index >= 15 is 0 Å². The number of nitrogens with one attached hydrogen (secondary N) is 2. The van der Waals surface area contributed by atoms with Crippen LogP contribution < -0.4 is 24.8 Å². The fraction of sp³-hybridized carbons (Fsp3) is 0.400. The fourth-order valence-corrected chi connectivity index (χ4v) is 2.77. The summed E-state index contributed by atoms with van der Waals surface area (Å²) in [5.41, 5.74) is 1.23. The Morgan fingerprint density at radius 1 is 0.941 bits per heavy atom. The Kier molecular flexibility index (Phi) is 10.7. The highest BCUT2D eigenvalue weighted by Gasteiger charge is 2.12. The van der Waals surface area contributed by atoms with Gasteiger partial charge in [0.1, 0.15) is 5.75 Å². The molecule has 34 heavy (non-hydrogen) atoms. The van der Waals surface area contributed by atoms with Gasteiger partial charge in [0, 0.05) is 26.2 Å². The lowest BCUT2D eigenvalue weighted by molar-refractivity contribution is -0.130. The minimum Gasteiger partial charge on any atom is -0.494 e. The first-order valence-corrected chi connectivity index (χ1v) is 11.1. The first kappa shape index (κ1) is 26.5. The van der Waals surface area contributed by atoms with Gasteiger partial charge in [-0.25, -0.2) is 0 Å². The Morgan fingerprint density at radius 2 is 1.68 bits per heavy atom. The SMILES string of the molecule is CCCCOc1ccc(C(=O)NCC(=O)NCc2ccc(OCC(=O)N(C)C)c(OC)c2)cc1. The van der Waals surface area contributed by atoms with Gasteiger partial charge in [0.2, 0.25) is 5.91 Å². The zero-order valence-electron chi connectivity index (χ0n) is 20.2. The van der Waals surface area contributed by atoms with Crippen molar-refractivity contribution >= 4 is 17.7 Å². The minimum atomic E-state index is -0.342. The molecule has 0 saturated heterocycles. The van der Waals surface area contributed by atoms with Gasteiger partial charge in [-0.3, -0.25) is 14.4 Å². The van der Waals surface area contributed by atoms with Gasteiger partial charge < -0.3 is 29.7 Å². The molecule has 0 spiro atoms. The fourth-order valence-electron chi connectivity index (χ4n) is 2.77. The maximum Gasteiger partial charge on any atom is 0.259 e. The second-order valence-corrected chi connectivity index (χ2v) is 7.75. The zero-order valence-corrected chi connectivity index (χ0v) is 20.2. The highest BCUT2D eigenvalue weighted by atomic mass is 16.5. The number of hydrogen-bond donors (Lipinski definition) is 2. The van der Waals surface area contributed by atoms with Gasteiger partial charge >= 0.3 is 0 Å². The summed E-state index contributed by atoms with van der Waals surface area (Å²) in [5.74, 6) is 0.751. The van der Waals surface area contributed by atoms with Crippen molar-refractivity contribution in [3.05, 3.63) is 53.6 Å². The summed E-state index contributed by atoms with van der Waals surface area (Å²) >= 11 is 0. The Labute approximate surface area is 200 Å². The van der Waals surface area contributed by atoms with Crippen molar-refractivity contribution in [3.63, 3.8) is 0 Å². The van der Waals surface area contributed by atoms with E-state index in [2.05, 4.69) is 17.6 Å². The molecule has 9 heteroatoms. The maximum atomic E-state index is 12.3. The van der Waals surface area contributed by atoms with E-state index in [4.69, 9.17) is 14.2 Å². The number of carbonyl (C=O) groups is 3. The van der Waals surface area contributed by atoms with Crippen molar-refractivity contribution in [1.29, 1.82) is 0 Å². The molecular weight excluding hydrogens is 438 g/mol. The van der Waals surface area contributed by atoms with Crippen LogP contribution in [0.4, 0.5) is 0 Å². The molecule has 0 fully saturated rings. The number of ether oxygens (including phenoxy) is 3. The highest BCUT2D eigenvalue weighted by Crippen LogP contribution is 2.28. The van der Waals surface area contributed by atoms with Crippen LogP contribution in [-0.2, 0) is 16.1 Å². The van der Waals surface area contributed by atoms with Crippen molar-refractivity contribution < 1.29 is 28.6 Å². The van der Waals surface area contributed by atoms with Gasteiger partial charge in [-0.05, 0) is 48.4 Å². The third-order valence-corrected chi connectivity index (χ3v) is 4.86. The van der Waals surface area contributed by atoms with Crippen LogP contribution in [0.5, 0.6) is 17.2 Å². The Morgan fingerprint density at radius 3 is 2.32 bits per heavy atom. The molecule has 2 aromatic carbocycles. The molecule has 184 valence electrons. The Bertz CT molecular complexity index is 960. The average molecular weight is 472 g/mol. The molecular formula is C25H33N3O6. The summed E-state index contributed by atoms with van der Waals surface area (Å²) in [6.07, 6.45) is 2.02. The predicted molar refractivity (Wildman–Crippen MR) is 128 cm³/mol. The van der Waals surface area contributed by atoms with Crippen LogP contribution in [0.15, 0.2) is 42.5 Å². The first-order chi connectivity index (χ1) is 16.3. The average Bonchev–Trinajstić information content (AvgIpc) is 2.85. The van der Waals surface area contributed by atoms with Gasteiger partial charge in [0.25, 0.3) is 11.8 Å². The molecule has 0 unspecified atom stereocenters. The first-order valence-electron chi connectivity index (χ1n) is 11.1. The summed E-state index contributed by atoms with van der Waals surface area (Å²) in [4.78, 5) is 37.6. The normalized spacial score (nSPS) is 10.2. The Balaban J connectivity index is 1.79. The smallest absolute Gasteiger partial charge is 0.259 e. The van der Waals surface area contributed by atoms with Crippen molar-refractivity contribution in [3.8, 4) is 17.2 Å². The van der Waals surface area contributed by atoms with E-state index in [0.29, 0.717) is 29.4 Å². The van der Waals surface area contributed by atoms with Crippen LogP contribution in [0.25, 0.3) is 0 Å². The number of unbranched alkanes of at least 4 members (excludes halogenated alkanes) is 1. The molecule has 0 aliphatic heterocycles. The lowest BCUT2D eigenvalue weighted by atomic mass is 10.2. The molecule has 0 aromatic heterocycles. The summed E-state index contributed by atoms with van der Waals surface area (Å²) in [6, 6.07) is 12.0. The largest absolute Gasteiger partial charge is 0.494 e. The molecule has 0 atom stereocenters. The molecule has 0 bridgehead atoms. The number of hydrogen-bond acceptors (Lipinski definition) is 6. The van der Waals surface area contributed by atoms with Gasteiger partial charge in [-0.2, -0.15) is 0 Å². The monoisotopic (exact) mass is 471 g/mol. The number of amides is 3. The quantitative estimate of drug-likeness (QED) is 0.435. The molecule has 0 aliphatic rings. The lowest BCUT2D eigenvalue weighted by Crippen LogP contribution is -2.36. The van der Waals surface area contributed by atoms with Crippen LogP contribution in [0, 0.1) is 0 Å². The van der Waals surface area contributed by atoms with Gasteiger partial charge in [-0.15, -0.1) is 0 Å². The molecule has 0 radical (unpaired) electrons. The van der Waals surface area contributed by atoms with Crippen LogP contribution >= 0.6 is 0 Å². The molecule has 2 aromatic rings. The van der Waals surface area contributed by atoms with Crippen LogP contribution in [0.2, 0.25) is 0 Å². The van der Waals surface area contributed by atoms with Gasteiger partial charge in [-0.1, -0.05) is 19.4 Å². The molecule has 9 nitrogen and oxygen atoms in total. The molecule has 0 saturated carbocycles. The van der Waals surface area contributed by atoms with Crippen molar-refractivity contribution in [2.24, 2.45) is 0 Å². The summed E-state index contributed by atoms with van der Waals surface area (Å²) < 4.78 is 16.4. The number of methoxy groups -OCH3 is 1. The standard InChI is InChI=1S/C25H33N3O6/c1-5-6-13-33-20-10-8-19(9-11-20)25(31)27-16-23(29)26-15-18-7-12-21(22(14-18)32-4)34-17-24(30)28(2)3/h7-12,14H,5-6,13,15-17H2,1-4H3,(H,26,29)(H,27,31). The Hall–Kier alpha value is -3.75. The molecule has 2 N–H and O–H groups in total. The van der Waals surface area contributed by atoms with Crippen molar-refractivity contribution in [2.45, 2.75) is 26.3 Å². The highest BCUT2D eigenvalue weighted by molar-refractivity contribution is 5.96. The third kappa shape index (κ3) is 8.65. The second-order valence-electron chi connectivity index (χ2n) is 7.75. The zero-order chi connectivity index (χ0) is 24.9. The van der Waals surface area contributed by atoms with Crippen molar-refractivity contribution in [1.82, 2.24) is 15.5 Å². The summed E-state index contributed by atoms with van der Waals surface area (Å²) in [5, 5.41) is 5.35. The van der Waals surface area contributed by atoms with E-state index in [-0.39, 0.29) is 37.4 Å². The number of nitrogens with zero attached hydrogens (tertiary/aromatic N) is 1. The lowest BCUT2D eigenvalue weighted by Gasteiger charge is -2.14. The number of carbonyl (C=O) groups excluding carboxylic acids is 3. The summed E-state index contributed by atoms with van der Waals surface area (Å²) in [6.45, 7) is 2.71. The van der Waals surface area contributed by atoms with Gasteiger partial charge in [0.15, 0.2) is 18.1 Å². The van der Waals surface area contributed by atoms with E-state index in [1.54, 1.807) is 56.6 Å². The molecule has 2 rings (SSSR count). The topological polar surface area (TPSA) is 106 Å². The number of benzene rings is 2. The minimum absolute atomic E-state index is 0.103. The summed E-state index contributed by atoms with van der Waals surface area (Å²) in [7, 11) is 4.80. The van der Waals surface area contributed by atoms with E-state index in [0.717, 1.165) is 18.4 Å². The van der Waals surface area contributed by atoms with Crippen molar-refractivity contribution in [2.75, 3.05) is 41.0 Å². The molecule has 0 aliphatic carbocycles. The van der Waals surface area contributed by atoms with Gasteiger partial charge in [0.05, 0.1) is 20.3 Å².